The largest absolute Gasteiger partial charge is 0.497 e. The molecule has 2 aliphatic carbocycles. The number of methoxy groups -OCH3 is 1. The van der Waals surface area contributed by atoms with Gasteiger partial charge < -0.3 is 34.9 Å². The molecule has 3 aliphatic rings. The molecule has 2 aromatic rings. The number of allylic oxidation sites excluding steroid dienone is 4. The van der Waals surface area contributed by atoms with E-state index in [-0.39, 0.29) is 19.4 Å². The number of carboxylic acids is 1. The van der Waals surface area contributed by atoms with Gasteiger partial charge in [0, 0.05) is 29.9 Å². The van der Waals surface area contributed by atoms with Crippen molar-refractivity contribution in [3.8, 4) is 11.5 Å². The number of carboxylic acid groups (broad SMARTS) is 1. The fraction of sp³-hybridized carbons (Fsp3) is 0.500. The molecular formula is C38H48N4O8. The molecule has 1 aliphatic heterocycles. The van der Waals surface area contributed by atoms with E-state index in [1.165, 1.54) is 11.0 Å². The Bertz CT molecular complexity index is 1750. The number of pyridine rings is 1. The fourth-order valence-electron chi connectivity index (χ4n) is 6.47. The Kier molecular flexibility index (Phi) is 10.0. The zero-order chi connectivity index (χ0) is 36.6. The molecule has 5 rings (SSSR count). The maximum Gasteiger partial charge on any atom is 0.408 e. The summed E-state index contributed by atoms with van der Waals surface area (Å²) in [5.41, 5.74) is -0.773. The Labute approximate surface area is 292 Å². The van der Waals surface area contributed by atoms with Crippen LogP contribution in [0.15, 0.2) is 55.1 Å². The third-order valence-electron chi connectivity index (χ3n) is 9.21. The zero-order valence-electron chi connectivity index (χ0n) is 29.9. The van der Waals surface area contributed by atoms with Gasteiger partial charge in [-0.25, -0.2) is 14.6 Å². The highest BCUT2D eigenvalue weighted by Crippen LogP contribution is 2.45. The maximum absolute atomic E-state index is 14.4. The van der Waals surface area contributed by atoms with Gasteiger partial charge in [0.05, 0.1) is 24.9 Å². The van der Waals surface area contributed by atoms with E-state index in [0.29, 0.717) is 22.7 Å². The minimum Gasteiger partial charge on any atom is -0.497 e. The van der Waals surface area contributed by atoms with E-state index >= 15 is 0 Å². The topological polar surface area (TPSA) is 156 Å². The van der Waals surface area contributed by atoms with Crippen LogP contribution < -0.4 is 20.1 Å². The van der Waals surface area contributed by atoms with Crippen LogP contribution in [0.25, 0.3) is 16.5 Å². The number of alkyl carbamates (subject to hydrolysis) is 1. The normalized spacial score (nSPS) is 23.8. The number of carbonyl (C=O) groups excluding carboxylic acids is 3. The lowest BCUT2D eigenvalue weighted by atomic mass is 9.85. The monoisotopic (exact) mass is 688 g/mol. The van der Waals surface area contributed by atoms with Gasteiger partial charge in [-0.15, -0.1) is 6.58 Å². The number of nitrogens with one attached hydrogen (secondary N) is 2. The van der Waals surface area contributed by atoms with Crippen molar-refractivity contribution >= 4 is 40.4 Å². The van der Waals surface area contributed by atoms with E-state index < -0.39 is 64.5 Å². The minimum absolute atomic E-state index is 0.00234. The molecule has 2 heterocycles. The summed E-state index contributed by atoms with van der Waals surface area (Å²) in [5, 5.41) is 16.2. The van der Waals surface area contributed by atoms with Crippen LogP contribution in [0.1, 0.15) is 72.9 Å². The van der Waals surface area contributed by atoms with Gasteiger partial charge >= 0.3 is 12.1 Å². The molecule has 1 aromatic heterocycles. The van der Waals surface area contributed by atoms with Crippen LogP contribution in [0.4, 0.5) is 4.79 Å². The first kappa shape index (κ1) is 36.4. The highest BCUT2D eigenvalue weighted by atomic mass is 16.6. The molecule has 268 valence electrons. The lowest BCUT2D eigenvalue weighted by molar-refractivity contribution is -0.146. The van der Waals surface area contributed by atoms with Crippen LogP contribution in [0.2, 0.25) is 0 Å². The van der Waals surface area contributed by atoms with E-state index in [9.17, 15) is 24.3 Å². The third kappa shape index (κ3) is 7.79. The second kappa shape index (κ2) is 13.8. The zero-order valence-corrected chi connectivity index (χ0v) is 29.9. The highest BCUT2D eigenvalue weighted by molar-refractivity contribution is 5.96. The Balaban J connectivity index is 1.50. The molecular weight excluding hydrogens is 640 g/mol. The van der Waals surface area contributed by atoms with Gasteiger partial charge in [-0.2, -0.15) is 0 Å². The van der Waals surface area contributed by atoms with Crippen molar-refractivity contribution in [1.29, 1.82) is 0 Å². The maximum atomic E-state index is 14.4. The summed E-state index contributed by atoms with van der Waals surface area (Å²) < 4.78 is 17.6. The van der Waals surface area contributed by atoms with Crippen molar-refractivity contribution in [1.82, 2.24) is 20.5 Å². The number of aromatic nitrogens is 1. The summed E-state index contributed by atoms with van der Waals surface area (Å²) in [5.74, 6) is -1.61. The van der Waals surface area contributed by atoms with E-state index in [4.69, 9.17) is 19.2 Å². The first-order valence-corrected chi connectivity index (χ1v) is 17.0. The first-order chi connectivity index (χ1) is 23.5. The number of hydrogen-bond donors (Lipinski definition) is 3. The lowest BCUT2D eigenvalue weighted by Crippen LogP contribution is -2.59. The minimum atomic E-state index is -1.50. The number of benzene rings is 1. The van der Waals surface area contributed by atoms with Gasteiger partial charge in [0.1, 0.15) is 40.8 Å². The molecule has 3 amide bonds. The molecule has 50 heavy (non-hydrogen) atoms. The molecule has 0 radical (unpaired) electrons. The van der Waals surface area contributed by atoms with Crippen LogP contribution in [0.3, 0.4) is 0 Å². The number of aliphatic carboxylic acids is 1. The number of likely N-dealkylation sites (tertiary alicyclic amines) is 1. The van der Waals surface area contributed by atoms with Crippen LogP contribution in [-0.4, -0.2) is 81.8 Å². The van der Waals surface area contributed by atoms with Gasteiger partial charge in [0.25, 0.3) is 0 Å². The Morgan fingerprint density at radius 3 is 2.44 bits per heavy atom. The van der Waals surface area contributed by atoms with E-state index in [2.05, 4.69) is 29.4 Å². The summed E-state index contributed by atoms with van der Waals surface area (Å²) in [6.07, 6.45) is 8.41. The average Bonchev–Trinajstić information content (AvgIpc) is 3.61. The van der Waals surface area contributed by atoms with Crippen molar-refractivity contribution in [2.24, 2.45) is 11.3 Å². The molecule has 12 nitrogen and oxygen atoms in total. The number of rotatable bonds is 10. The van der Waals surface area contributed by atoms with Crippen molar-refractivity contribution < 1.29 is 38.5 Å². The second-order valence-corrected chi connectivity index (χ2v) is 15.3. The standard InChI is InChI=1S/C38H48N4O8/c1-9-23-20-38(23,34(45)46)41-32(43)29-18-25(21-42(29)33(44)31(36(2,3)4)40-35(47)50-37(5,6)7)49-30-19-27(22-13-11-10-12-14-22)39-28-17-24(48-8)15-16-26(28)30/h9,11,13-17,19,23,25,29,31H,1,10,12,18,20-21H2,2-8H3,(H,40,47)(H,41,43)(H,45,46)/t23-,25-,29+,31-,38-/m1/s1. The summed E-state index contributed by atoms with van der Waals surface area (Å²) in [6.45, 7) is 14.3. The van der Waals surface area contributed by atoms with Crippen molar-refractivity contribution in [3.05, 3.63) is 60.8 Å². The quantitative estimate of drug-likeness (QED) is 0.278. The van der Waals surface area contributed by atoms with Crippen LogP contribution in [0, 0.1) is 11.3 Å². The third-order valence-corrected chi connectivity index (χ3v) is 9.21. The summed E-state index contributed by atoms with van der Waals surface area (Å²) in [4.78, 5) is 59.9. The SMILES string of the molecule is C=C[C@@H]1C[C@]1(NC(=O)[C@@H]1C[C@@H](Oc2cc(C3=CCCC=C3)nc3cc(OC)ccc23)CN1C(=O)[C@@H](NC(=O)OC(C)(C)C)C(C)(C)C)C(=O)O. The molecule has 12 heteroatoms. The highest BCUT2D eigenvalue weighted by Gasteiger charge is 2.61. The van der Waals surface area contributed by atoms with E-state index in [1.54, 1.807) is 48.7 Å². The van der Waals surface area contributed by atoms with Gasteiger partial charge in [-0.05, 0) is 63.2 Å². The first-order valence-electron chi connectivity index (χ1n) is 17.0. The molecule has 2 fully saturated rings. The van der Waals surface area contributed by atoms with Crippen LogP contribution >= 0.6 is 0 Å². The molecule has 0 spiro atoms. The Morgan fingerprint density at radius 2 is 1.86 bits per heavy atom. The van der Waals surface area contributed by atoms with Crippen LogP contribution in [0.5, 0.6) is 11.5 Å². The average molecular weight is 689 g/mol. The molecule has 1 saturated carbocycles. The molecule has 3 N–H and O–H groups in total. The molecule has 1 aromatic carbocycles. The van der Waals surface area contributed by atoms with Crippen molar-refractivity contribution in [2.75, 3.05) is 13.7 Å². The molecule has 5 atom stereocenters. The Morgan fingerprint density at radius 1 is 1.12 bits per heavy atom. The van der Waals surface area contributed by atoms with Crippen LogP contribution in [-0.2, 0) is 19.1 Å². The number of fused-ring (bicyclic) bond motifs is 1. The summed E-state index contributed by atoms with van der Waals surface area (Å²) in [6, 6.07) is 5.18. The van der Waals surface area contributed by atoms with Crippen molar-refractivity contribution in [2.45, 2.75) is 96.6 Å². The van der Waals surface area contributed by atoms with E-state index in [0.717, 1.165) is 23.8 Å². The van der Waals surface area contributed by atoms with E-state index in [1.807, 2.05) is 30.3 Å². The molecule has 0 bridgehead atoms. The Hall–Kier alpha value is -4.87. The number of amides is 3. The van der Waals surface area contributed by atoms with Gasteiger partial charge in [-0.3, -0.25) is 9.59 Å². The number of hydrogen-bond acceptors (Lipinski definition) is 8. The van der Waals surface area contributed by atoms with Crippen molar-refractivity contribution in [3.63, 3.8) is 0 Å². The number of ether oxygens (including phenoxy) is 3. The lowest BCUT2D eigenvalue weighted by Gasteiger charge is -2.35. The van der Waals surface area contributed by atoms with Gasteiger partial charge in [-0.1, -0.05) is 45.1 Å². The molecule has 0 unspecified atom stereocenters. The predicted octanol–water partition coefficient (Wildman–Crippen LogP) is 5.41. The van der Waals surface area contributed by atoms with Gasteiger partial charge in [0.15, 0.2) is 0 Å². The summed E-state index contributed by atoms with van der Waals surface area (Å²) in [7, 11) is 1.58. The number of carbonyl (C=O) groups is 4. The predicted molar refractivity (Wildman–Crippen MR) is 189 cm³/mol. The second-order valence-electron chi connectivity index (χ2n) is 15.3. The number of nitrogens with zero attached hydrogens (tertiary/aromatic N) is 2. The van der Waals surface area contributed by atoms with Gasteiger partial charge in [0.2, 0.25) is 11.8 Å². The smallest absolute Gasteiger partial charge is 0.408 e. The fourth-order valence-corrected chi connectivity index (χ4v) is 6.47. The molecule has 1 saturated heterocycles. The summed E-state index contributed by atoms with van der Waals surface area (Å²) >= 11 is 0.